The first-order valence-electron chi connectivity index (χ1n) is 5.24. The van der Waals surface area contributed by atoms with E-state index in [9.17, 15) is 9.90 Å². The Bertz CT molecular complexity index is 483. The van der Waals surface area contributed by atoms with E-state index in [1.54, 1.807) is 12.1 Å². The fraction of sp³-hybridized carbons (Fsp3) is 0.333. The van der Waals surface area contributed by atoms with Gasteiger partial charge in [-0.05, 0) is 24.6 Å². The van der Waals surface area contributed by atoms with Crippen molar-refractivity contribution in [2.45, 2.75) is 13.5 Å². The second-order valence-electron chi connectivity index (χ2n) is 3.59. The maximum absolute atomic E-state index is 11.3. The van der Waals surface area contributed by atoms with Crippen molar-refractivity contribution in [2.24, 2.45) is 0 Å². The minimum Gasteiger partial charge on any atom is -0.483 e. The Labute approximate surface area is 114 Å². The summed E-state index contributed by atoms with van der Waals surface area (Å²) >= 11 is 3.32. The van der Waals surface area contributed by atoms with Crippen molar-refractivity contribution in [3.05, 3.63) is 27.7 Å². The van der Waals surface area contributed by atoms with E-state index in [2.05, 4.69) is 21.2 Å². The summed E-state index contributed by atoms with van der Waals surface area (Å²) in [5.74, 6) is 0.121. The highest BCUT2D eigenvalue weighted by Crippen LogP contribution is 2.28. The van der Waals surface area contributed by atoms with Crippen LogP contribution in [0.1, 0.15) is 11.1 Å². The lowest BCUT2D eigenvalue weighted by atomic mass is 10.1. The number of aliphatic hydroxyl groups excluding tert-OH is 1. The molecule has 1 aromatic rings. The van der Waals surface area contributed by atoms with Crippen LogP contribution in [-0.2, 0) is 11.4 Å². The summed E-state index contributed by atoms with van der Waals surface area (Å²) in [6.45, 7) is 1.42. The largest absolute Gasteiger partial charge is 0.483 e. The Morgan fingerprint density at radius 1 is 1.61 bits per heavy atom. The van der Waals surface area contributed by atoms with Gasteiger partial charge < -0.3 is 15.2 Å². The molecule has 0 aromatic heterocycles. The molecule has 0 unspecified atom stereocenters. The van der Waals surface area contributed by atoms with Crippen molar-refractivity contribution < 1.29 is 14.6 Å². The van der Waals surface area contributed by atoms with Crippen molar-refractivity contribution >= 4 is 21.8 Å². The molecule has 0 aliphatic rings. The average molecular weight is 313 g/mol. The van der Waals surface area contributed by atoms with Crippen molar-refractivity contribution in [1.82, 2.24) is 5.32 Å². The Kier molecular flexibility index (Phi) is 5.62. The molecule has 1 rings (SSSR count). The Balaban J connectivity index is 2.73. The third-order valence-electron chi connectivity index (χ3n) is 2.20. The molecule has 6 heteroatoms. The Morgan fingerprint density at radius 2 is 2.33 bits per heavy atom. The van der Waals surface area contributed by atoms with Crippen LogP contribution in [-0.4, -0.2) is 24.2 Å². The highest BCUT2D eigenvalue weighted by molar-refractivity contribution is 9.10. The van der Waals surface area contributed by atoms with E-state index >= 15 is 0 Å². The minimum absolute atomic E-state index is 0.0473. The second kappa shape index (κ2) is 6.99. The predicted octanol–water partition coefficient (Wildman–Crippen LogP) is 1.27. The molecule has 5 nitrogen and oxygen atoms in total. The number of rotatable bonds is 5. The molecule has 2 N–H and O–H groups in total. The van der Waals surface area contributed by atoms with Crippen LogP contribution in [0.2, 0.25) is 0 Å². The van der Waals surface area contributed by atoms with Crippen LogP contribution in [0.15, 0.2) is 16.6 Å². The first kappa shape index (κ1) is 14.5. The molecule has 0 spiro atoms. The van der Waals surface area contributed by atoms with Crippen molar-refractivity contribution in [3.63, 3.8) is 0 Å². The number of ether oxygens (including phenoxy) is 1. The lowest BCUT2D eigenvalue weighted by Gasteiger charge is -2.13. The number of benzene rings is 1. The van der Waals surface area contributed by atoms with Gasteiger partial charge in [-0.25, -0.2) is 0 Å². The highest BCUT2D eigenvalue weighted by atomic mass is 79.9. The van der Waals surface area contributed by atoms with Gasteiger partial charge in [0.15, 0.2) is 6.61 Å². The van der Waals surface area contributed by atoms with E-state index in [0.717, 1.165) is 10.0 Å². The van der Waals surface area contributed by atoms with Crippen LogP contribution in [0, 0.1) is 18.3 Å². The molecule has 96 valence electrons. The smallest absolute Gasteiger partial charge is 0.258 e. The molecule has 0 bridgehead atoms. The number of aliphatic hydroxyl groups is 1. The fourth-order valence-corrected chi connectivity index (χ4v) is 2.07. The number of halogens is 1. The number of hydrogen-bond donors (Lipinski definition) is 2. The number of carbonyl (C=O) groups excluding carboxylic acids is 1. The number of aryl methyl sites for hydroxylation is 1. The quantitative estimate of drug-likeness (QED) is 0.802. The zero-order valence-corrected chi connectivity index (χ0v) is 11.5. The molecule has 1 aromatic carbocycles. The number of hydrogen-bond acceptors (Lipinski definition) is 4. The maximum Gasteiger partial charge on any atom is 0.258 e. The van der Waals surface area contributed by atoms with E-state index < -0.39 is 0 Å². The van der Waals surface area contributed by atoms with Gasteiger partial charge in [0.2, 0.25) is 0 Å². The zero-order valence-electron chi connectivity index (χ0n) is 9.86. The van der Waals surface area contributed by atoms with Gasteiger partial charge in [0.05, 0.1) is 12.7 Å². The molecule has 0 radical (unpaired) electrons. The summed E-state index contributed by atoms with van der Waals surface area (Å²) in [6.07, 6.45) is 0. The van der Waals surface area contributed by atoms with Gasteiger partial charge in [0, 0.05) is 10.0 Å². The molecule has 0 saturated heterocycles. The van der Waals surface area contributed by atoms with E-state index in [4.69, 9.17) is 10.00 Å². The zero-order chi connectivity index (χ0) is 13.5. The molecule has 0 aliphatic carbocycles. The van der Waals surface area contributed by atoms with Gasteiger partial charge in [0.1, 0.15) is 12.3 Å². The van der Waals surface area contributed by atoms with Gasteiger partial charge in [0.25, 0.3) is 5.91 Å². The van der Waals surface area contributed by atoms with E-state index in [1.165, 1.54) is 0 Å². The third-order valence-corrected chi connectivity index (χ3v) is 2.66. The summed E-state index contributed by atoms with van der Waals surface area (Å²) in [4.78, 5) is 11.3. The normalized spacial score (nSPS) is 9.67. The highest BCUT2D eigenvalue weighted by Gasteiger charge is 2.10. The summed E-state index contributed by atoms with van der Waals surface area (Å²) in [6, 6.07) is 5.37. The summed E-state index contributed by atoms with van der Waals surface area (Å²) in [7, 11) is 0. The predicted molar refractivity (Wildman–Crippen MR) is 68.9 cm³/mol. The fourth-order valence-electron chi connectivity index (χ4n) is 1.45. The molecule has 0 saturated carbocycles. The first-order chi connectivity index (χ1) is 8.58. The van der Waals surface area contributed by atoms with Crippen molar-refractivity contribution in [1.29, 1.82) is 5.26 Å². The van der Waals surface area contributed by atoms with Crippen LogP contribution in [0.4, 0.5) is 0 Å². The molecular weight excluding hydrogens is 300 g/mol. The van der Waals surface area contributed by atoms with E-state index in [-0.39, 0.29) is 25.7 Å². The minimum atomic E-state index is -0.372. The van der Waals surface area contributed by atoms with Crippen LogP contribution in [0.25, 0.3) is 0 Å². The summed E-state index contributed by atoms with van der Waals surface area (Å²) in [5.41, 5.74) is 1.43. The maximum atomic E-state index is 11.3. The molecule has 0 fully saturated rings. The molecule has 0 atom stereocenters. The van der Waals surface area contributed by atoms with Gasteiger partial charge in [-0.3, -0.25) is 4.79 Å². The average Bonchev–Trinajstić information content (AvgIpc) is 2.34. The number of nitriles is 1. The van der Waals surface area contributed by atoms with Gasteiger partial charge in [-0.1, -0.05) is 15.9 Å². The van der Waals surface area contributed by atoms with Crippen LogP contribution in [0.3, 0.4) is 0 Å². The number of carbonyl (C=O) groups is 1. The van der Waals surface area contributed by atoms with Crippen molar-refractivity contribution in [3.8, 4) is 11.8 Å². The molecular formula is C12H13BrN2O3. The molecule has 0 aliphatic heterocycles. The molecule has 0 heterocycles. The van der Waals surface area contributed by atoms with Gasteiger partial charge >= 0.3 is 0 Å². The van der Waals surface area contributed by atoms with Crippen LogP contribution >= 0.6 is 15.9 Å². The SMILES string of the molecule is Cc1cc(Br)cc(CO)c1OCC(=O)NCC#N. The Morgan fingerprint density at radius 3 is 2.94 bits per heavy atom. The summed E-state index contributed by atoms with van der Waals surface area (Å²) < 4.78 is 6.21. The monoisotopic (exact) mass is 312 g/mol. The first-order valence-corrected chi connectivity index (χ1v) is 6.04. The van der Waals surface area contributed by atoms with Crippen molar-refractivity contribution in [2.75, 3.05) is 13.2 Å². The molecule has 1 amide bonds. The standard InChI is InChI=1S/C12H13BrN2O3/c1-8-4-10(13)5-9(6-16)12(8)18-7-11(17)15-3-2-14/h4-5,16H,3,6-7H2,1H3,(H,15,17). The van der Waals surface area contributed by atoms with E-state index in [1.807, 2.05) is 13.0 Å². The molecule has 18 heavy (non-hydrogen) atoms. The lowest BCUT2D eigenvalue weighted by Crippen LogP contribution is -2.29. The van der Waals surface area contributed by atoms with Gasteiger partial charge in [-0.2, -0.15) is 5.26 Å². The van der Waals surface area contributed by atoms with Crippen LogP contribution < -0.4 is 10.1 Å². The van der Waals surface area contributed by atoms with Gasteiger partial charge in [-0.15, -0.1) is 0 Å². The third kappa shape index (κ3) is 4.02. The number of nitrogens with zero attached hydrogens (tertiary/aromatic N) is 1. The van der Waals surface area contributed by atoms with Crippen LogP contribution in [0.5, 0.6) is 5.75 Å². The number of amides is 1. The summed E-state index contributed by atoms with van der Waals surface area (Å²) in [5, 5.41) is 19.9. The lowest BCUT2D eigenvalue weighted by molar-refractivity contribution is -0.122. The second-order valence-corrected chi connectivity index (χ2v) is 4.51. The topological polar surface area (TPSA) is 82.3 Å². The Hall–Kier alpha value is -1.58. The number of nitrogens with one attached hydrogen (secondary N) is 1. The van der Waals surface area contributed by atoms with E-state index in [0.29, 0.717) is 11.3 Å².